The fourth-order valence-corrected chi connectivity index (χ4v) is 2.36. The number of amides is 1. The van der Waals surface area contributed by atoms with E-state index in [2.05, 4.69) is 5.32 Å². The van der Waals surface area contributed by atoms with Crippen LogP contribution in [0.2, 0.25) is 0 Å². The summed E-state index contributed by atoms with van der Waals surface area (Å²) < 4.78 is 0. The minimum atomic E-state index is -0.00653. The van der Waals surface area contributed by atoms with Gasteiger partial charge in [0.15, 0.2) is 0 Å². The maximum Gasteiger partial charge on any atom is 0.251 e. The molecule has 0 bridgehead atoms. The van der Waals surface area contributed by atoms with Crippen LogP contribution in [0.1, 0.15) is 42.5 Å². The number of hydrogen-bond donors (Lipinski definition) is 2. The average molecular weight is 232 g/mol. The number of hydrogen-bond acceptors (Lipinski definition) is 2. The van der Waals surface area contributed by atoms with E-state index in [1.807, 2.05) is 30.3 Å². The van der Waals surface area contributed by atoms with E-state index in [9.17, 15) is 4.79 Å². The smallest absolute Gasteiger partial charge is 0.251 e. The Balaban J connectivity index is 1.98. The number of rotatable bonds is 2. The minimum absolute atomic E-state index is 0.00653. The molecule has 1 aliphatic rings. The van der Waals surface area contributed by atoms with E-state index in [1.54, 1.807) is 0 Å². The summed E-state index contributed by atoms with van der Waals surface area (Å²) in [5.41, 5.74) is 6.80. The van der Waals surface area contributed by atoms with Crippen LogP contribution < -0.4 is 11.1 Å². The van der Waals surface area contributed by atoms with Crippen LogP contribution in [0.15, 0.2) is 30.3 Å². The van der Waals surface area contributed by atoms with E-state index in [0.717, 1.165) is 19.3 Å². The molecule has 17 heavy (non-hydrogen) atoms. The van der Waals surface area contributed by atoms with Gasteiger partial charge in [-0.15, -0.1) is 0 Å². The highest BCUT2D eigenvalue weighted by Gasteiger charge is 2.22. The molecular formula is C14H20N2O. The first-order chi connectivity index (χ1) is 8.27. The molecular weight excluding hydrogens is 212 g/mol. The molecule has 0 aromatic heterocycles. The Labute approximate surface area is 102 Å². The number of benzene rings is 1. The first-order valence-electron chi connectivity index (χ1n) is 6.39. The van der Waals surface area contributed by atoms with Crippen LogP contribution in [-0.4, -0.2) is 18.0 Å². The maximum absolute atomic E-state index is 12.0. The van der Waals surface area contributed by atoms with Gasteiger partial charge in [-0.25, -0.2) is 0 Å². The molecule has 1 aromatic carbocycles. The SMILES string of the molecule is NC1CCCCCC1NC(=O)c1ccccc1. The van der Waals surface area contributed by atoms with E-state index in [0.29, 0.717) is 5.56 Å². The monoisotopic (exact) mass is 232 g/mol. The van der Waals surface area contributed by atoms with Gasteiger partial charge in [0.2, 0.25) is 0 Å². The van der Waals surface area contributed by atoms with Gasteiger partial charge in [0, 0.05) is 17.6 Å². The van der Waals surface area contributed by atoms with Gasteiger partial charge in [0.25, 0.3) is 5.91 Å². The molecule has 2 atom stereocenters. The highest BCUT2D eigenvalue weighted by atomic mass is 16.1. The highest BCUT2D eigenvalue weighted by Crippen LogP contribution is 2.17. The molecule has 0 aliphatic heterocycles. The molecule has 2 unspecified atom stereocenters. The molecule has 2 rings (SSSR count). The topological polar surface area (TPSA) is 55.1 Å². The van der Waals surface area contributed by atoms with Gasteiger partial charge in [-0.2, -0.15) is 0 Å². The van der Waals surface area contributed by atoms with Crippen LogP contribution in [0, 0.1) is 0 Å². The van der Waals surface area contributed by atoms with Crippen molar-refractivity contribution in [1.82, 2.24) is 5.32 Å². The Morgan fingerprint density at radius 1 is 1.12 bits per heavy atom. The third-order valence-electron chi connectivity index (χ3n) is 3.42. The molecule has 0 heterocycles. The Morgan fingerprint density at radius 3 is 2.59 bits per heavy atom. The molecule has 3 nitrogen and oxygen atoms in total. The van der Waals surface area contributed by atoms with Crippen molar-refractivity contribution in [3.8, 4) is 0 Å². The van der Waals surface area contributed by atoms with Crippen molar-refractivity contribution in [2.75, 3.05) is 0 Å². The number of nitrogens with one attached hydrogen (secondary N) is 1. The molecule has 0 radical (unpaired) electrons. The van der Waals surface area contributed by atoms with Crippen LogP contribution in [0.4, 0.5) is 0 Å². The van der Waals surface area contributed by atoms with E-state index >= 15 is 0 Å². The number of nitrogens with two attached hydrogens (primary N) is 1. The second-order valence-electron chi connectivity index (χ2n) is 4.75. The first-order valence-corrected chi connectivity index (χ1v) is 6.39. The first kappa shape index (κ1) is 12.1. The quantitative estimate of drug-likeness (QED) is 0.767. The van der Waals surface area contributed by atoms with E-state index in [1.165, 1.54) is 12.8 Å². The zero-order valence-corrected chi connectivity index (χ0v) is 10.1. The van der Waals surface area contributed by atoms with Gasteiger partial charge < -0.3 is 11.1 Å². The van der Waals surface area contributed by atoms with E-state index < -0.39 is 0 Å². The summed E-state index contributed by atoms with van der Waals surface area (Å²) in [7, 11) is 0. The molecule has 0 saturated heterocycles. The second-order valence-corrected chi connectivity index (χ2v) is 4.75. The normalized spacial score (nSPS) is 25.0. The molecule has 3 heteroatoms. The molecule has 3 N–H and O–H groups in total. The van der Waals surface area contributed by atoms with Gasteiger partial charge >= 0.3 is 0 Å². The van der Waals surface area contributed by atoms with Crippen molar-refractivity contribution in [2.45, 2.75) is 44.2 Å². The van der Waals surface area contributed by atoms with Gasteiger partial charge in [-0.05, 0) is 25.0 Å². The standard InChI is InChI=1S/C14H20N2O/c15-12-9-5-2-6-10-13(12)16-14(17)11-7-3-1-4-8-11/h1,3-4,7-8,12-13H,2,5-6,9-10,15H2,(H,16,17). The van der Waals surface area contributed by atoms with Crippen LogP contribution >= 0.6 is 0 Å². The van der Waals surface area contributed by atoms with Crippen molar-refractivity contribution in [1.29, 1.82) is 0 Å². The van der Waals surface area contributed by atoms with Crippen molar-refractivity contribution >= 4 is 5.91 Å². The lowest BCUT2D eigenvalue weighted by Crippen LogP contribution is -2.46. The summed E-state index contributed by atoms with van der Waals surface area (Å²) in [6, 6.07) is 9.56. The van der Waals surface area contributed by atoms with Gasteiger partial charge in [-0.3, -0.25) is 4.79 Å². The predicted octanol–water partition coefficient (Wildman–Crippen LogP) is 2.08. The lowest BCUT2D eigenvalue weighted by atomic mass is 10.0. The Kier molecular flexibility index (Phi) is 4.15. The maximum atomic E-state index is 12.0. The Morgan fingerprint density at radius 2 is 1.82 bits per heavy atom. The highest BCUT2D eigenvalue weighted by molar-refractivity contribution is 5.94. The van der Waals surface area contributed by atoms with E-state index in [4.69, 9.17) is 5.73 Å². The van der Waals surface area contributed by atoms with Crippen LogP contribution in [0.25, 0.3) is 0 Å². The molecule has 1 aromatic rings. The Bertz CT molecular complexity index is 364. The molecule has 0 spiro atoms. The summed E-state index contributed by atoms with van der Waals surface area (Å²) in [6.45, 7) is 0. The van der Waals surface area contributed by atoms with Crippen LogP contribution in [0.3, 0.4) is 0 Å². The van der Waals surface area contributed by atoms with Crippen molar-refractivity contribution in [2.24, 2.45) is 5.73 Å². The Hall–Kier alpha value is -1.35. The molecule has 1 amide bonds. The average Bonchev–Trinajstić information content (AvgIpc) is 2.56. The van der Waals surface area contributed by atoms with E-state index in [-0.39, 0.29) is 18.0 Å². The zero-order valence-electron chi connectivity index (χ0n) is 10.1. The fraction of sp³-hybridized carbons (Fsp3) is 0.500. The predicted molar refractivity (Wildman–Crippen MR) is 68.8 cm³/mol. The molecule has 1 fully saturated rings. The molecule has 1 aliphatic carbocycles. The van der Waals surface area contributed by atoms with Crippen molar-refractivity contribution in [3.63, 3.8) is 0 Å². The van der Waals surface area contributed by atoms with Gasteiger partial charge in [0.05, 0.1) is 0 Å². The third kappa shape index (κ3) is 3.30. The third-order valence-corrected chi connectivity index (χ3v) is 3.42. The summed E-state index contributed by atoms with van der Waals surface area (Å²) in [6.07, 6.45) is 5.58. The fourth-order valence-electron chi connectivity index (χ4n) is 2.36. The van der Waals surface area contributed by atoms with Gasteiger partial charge in [0.1, 0.15) is 0 Å². The zero-order chi connectivity index (χ0) is 12.1. The van der Waals surface area contributed by atoms with Gasteiger partial charge in [-0.1, -0.05) is 37.5 Å². The van der Waals surface area contributed by atoms with Crippen LogP contribution in [0.5, 0.6) is 0 Å². The minimum Gasteiger partial charge on any atom is -0.348 e. The lowest BCUT2D eigenvalue weighted by molar-refractivity contribution is 0.0929. The van der Waals surface area contributed by atoms with Crippen molar-refractivity contribution in [3.05, 3.63) is 35.9 Å². The molecule has 92 valence electrons. The largest absolute Gasteiger partial charge is 0.348 e. The number of carbonyl (C=O) groups excluding carboxylic acids is 1. The lowest BCUT2D eigenvalue weighted by Gasteiger charge is -2.22. The summed E-state index contributed by atoms with van der Waals surface area (Å²) >= 11 is 0. The van der Waals surface area contributed by atoms with Crippen LogP contribution in [-0.2, 0) is 0 Å². The number of carbonyl (C=O) groups is 1. The summed E-state index contributed by atoms with van der Waals surface area (Å²) in [5.74, 6) is -0.00653. The van der Waals surface area contributed by atoms with Crippen molar-refractivity contribution < 1.29 is 4.79 Å². The summed E-state index contributed by atoms with van der Waals surface area (Å²) in [5, 5.41) is 3.06. The second kappa shape index (κ2) is 5.82. The summed E-state index contributed by atoms with van der Waals surface area (Å²) in [4.78, 5) is 12.0. The molecule has 1 saturated carbocycles.